The van der Waals surface area contributed by atoms with Crippen LogP contribution < -0.4 is 0 Å². The van der Waals surface area contributed by atoms with Gasteiger partial charge in [0.05, 0.1) is 30.8 Å². The number of ether oxygens (including phenoxy) is 2. The minimum Gasteiger partial charge on any atom is -0.454 e. The lowest BCUT2D eigenvalue weighted by Crippen LogP contribution is -2.72. The van der Waals surface area contributed by atoms with Crippen LogP contribution in [0.3, 0.4) is 0 Å². The summed E-state index contributed by atoms with van der Waals surface area (Å²) < 4.78 is 12.5. The Bertz CT molecular complexity index is 1390. The number of carbonyl (C=O) groups is 2. The van der Waals surface area contributed by atoms with Crippen LogP contribution in [0.2, 0.25) is 0 Å². The first-order chi connectivity index (χ1) is 22.3. The van der Waals surface area contributed by atoms with Crippen molar-refractivity contribution < 1.29 is 39.5 Å². The van der Waals surface area contributed by atoms with Gasteiger partial charge >= 0.3 is 11.9 Å². The maximum atomic E-state index is 13.5. The van der Waals surface area contributed by atoms with Crippen molar-refractivity contribution in [1.29, 1.82) is 0 Å². The fraction of sp³-hybridized carbons (Fsp3) is 0.800. The number of carbonyl (C=O) groups excluding carboxylic acids is 2. The van der Waals surface area contributed by atoms with Gasteiger partial charge in [-0.1, -0.05) is 65.3 Å². The molecule has 12 atom stereocenters. The number of rotatable bonds is 6. The highest BCUT2D eigenvalue weighted by atomic mass is 16.6. The number of hydrogen-bond acceptors (Lipinski definition) is 8. The number of hydrogen-bond donors (Lipinski definition) is 4. The maximum absolute atomic E-state index is 13.5. The van der Waals surface area contributed by atoms with Crippen molar-refractivity contribution in [3.8, 4) is 0 Å². The van der Waals surface area contributed by atoms with Gasteiger partial charge in [-0.3, -0.25) is 0 Å². The van der Waals surface area contributed by atoms with Gasteiger partial charge in [0.25, 0.3) is 0 Å². The normalized spacial score (nSPS) is 47.0. The minimum atomic E-state index is -1.28. The standard InChI is InChI=1S/C40H62O8/c1-11-23(3)33(45)47-31-32(48-34(46)24(4)12-2)40(22-42)26(19-35(31,5)6)25-13-14-28-36(7)17-16-29(43)37(8,21-41)27(36)15-18-38(28,9)39(25,10)20-30(40)44/h11-13,26-32,41-44H,14-22H2,1-10H3/b23-11-,24-12-/t26-,27+,28+,29-,30+,31-,32-,36-,37-,38+,39+,40-/m0/s1. The molecule has 4 saturated carbocycles. The molecule has 0 saturated heterocycles. The Kier molecular flexibility index (Phi) is 9.58. The van der Waals surface area contributed by atoms with Crippen molar-refractivity contribution >= 4 is 11.9 Å². The van der Waals surface area contributed by atoms with E-state index in [-0.39, 0.29) is 35.2 Å². The molecule has 0 aromatic carbocycles. The first-order valence-corrected chi connectivity index (χ1v) is 18.2. The van der Waals surface area contributed by atoms with Gasteiger partial charge in [-0.25, -0.2) is 9.59 Å². The SMILES string of the molecule is C/C=C(/C)C(=O)O[C@H]1[C@H](OC(=O)/C(C)=C\C)[C@]2(CO)[C@H](O)C[C@]3(C)C(=CC[C@@H]4[C@@]5(C)CC[C@H](O)[C@@](C)(CO)[C@@H]5CC[C@]43C)[C@@H]2CC1(C)C. The van der Waals surface area contributed by atoms with E-state index in [4.69, 9.17) is 9.47 Å². The van der Waals surface area contributed by atoms with E-state index < -0.39 is 64.6 Å². The summed E-state index contributed by atoms with van der Waals surface area (Å²) in [5.41, 5.74) is -1.21. The molecule has 0 bridgehead atoms. The zero-order valence-corrected chi connectivity index (χ0v) is 31.1. The Morgan fingerprint density at radius 1 is 0.812 bits per heavy atom. The Morgan fingerprint density at radius 3 is 1.94 bits per heavy atom. The largest absolute Gasteiger partial charge is 0.454 e. The zero-order valence-electron chi connectivity index (χ0n) is 31.1. The zero-order chi connectivity index (χ0) is 35.8. The van der Waals surface area contributed by atoms with E-state index in [9.17, 15) is 30.0 Å². The number of fused-ring (bicyclic) bond motifs is 7. The molecule has 0 amide bonds. The number of aliphatic hydroxyl groups excluding tert-OH is 4. The summed E-state index contributed by atoms with van der Waals surface area (Å²) in [4.78, 5) is 26.8. The molecule has 48 heavy (non-hydrogen) atoms. The van der Waals surface area contributed by atoms with E-state index in [1.807, 2.05) is 13.8 Å². The van der Waals surface area contributed by atoms with Crippen molar-refractivity contribution in [2.75, 3.05) is 13.2 Å². The van der Waals surface area contributed by atoms with Gasteiger partial charge in [0.1, 0.15) is 6.10 Å². The molecule has 0 spiro atoms. The van der Waals surface area contributed by atoms with E-state index in [2.05, 4.69) is 33.8 Å². The minimum absolute atomic E-state index is 0.0444. The molecule has 4 fully saturated rings. The van der Waals surface area contributed by atoms with Crippen LogP contribution in [0.1, 0.15) is 114 Å². The molecule has 5 aliphatic rings. The third-order valence-corrected chi connectivity index (χ3v) is 15.4. The van der Waals surface area contributed by atoms with E-state index in [1.165, 1.54) is 5.57 Å². The molecule has 0 aliphatic heterocycles. The van der Waals surface area contributed by atoms with Crippen LogP contribution in [0.5, 0.6) is 0 Å². The highest BCUT2D eigenvalue weighted by molar-refractivity contribution is 5.88. The first-order valence-electron chi connectivity index (χ1n) is 18.2. The van der Waals surface area contributed by atoms with Crippen LogP contribution in [0.15, 0.2) is 34.9 Å². The molecular formula is C40H62O8. The summed E-state index contributed by atoms with van der Waals surface area (Å²) in [6.07, 6.45) is 7.19. The van der Waals surface area contributed by atoms with E-state index in [0.717, 1.165) is 25.7 Å². The molecule has 0 radical (unpaired) electrons. The highest BCUT2D eigenvalue weighted by Crippen LogP contribution is 2.76. The maximum Gasteiger partial charge on any atom is 0.333 e. The summed E-state index contributed by atoms with van der Waals surface area (Å²) in [6.45, 7) is 19.6. The van der Waals surface area contributed by atoms with E-state index >= 15 is 0 Å². The first kappa shape index (κ1) is 37.3. The summed E-state index contributed by atoms with van der Waals surface area (Å²) >= 11 is 0. The Morgan fingerprint density at radius 2 is 1.40 bits per heavy atom. The van der Waals surface area contributed by atoms with Gasteiger partial charge in [0.2, 0.25) is 0 Å². The van der Waals surface area contributed by atoms with Crippen molar-refractivity contribution in [3.63, 3.8) is 0 Å². The highest BCUT2D eigenvalue weighted by Gasteiger charge is 2.73. The Balaban J connectivity index is 1.65. The second-order valence-corrected chi connectivity index (χ2v) is 17.8. The van der Waals surface area contributed by atoms with Crippen LogP contribution in [0.4, 0.5) is 0 Å². The lowest BCUT2D eigenvalue weighted by atomic mass is 9.33. The number of allylic oxidation sites excluding steroid dienone is 4. The average molecular weight is 671 g/mol. The van der Waals surface area contributed by atoms with Gasteiger partial charge < -0.3 is 29.9 Å². The third kappa shape index (κ3) is 4.97. The molecule has 0 aromatic heterocycles. The lowest BCUT2D eigenvalue weighted by molar-refractivity contribution is -0.266. The van der Waals surface area contributed by atoms with E-state index in [1.54, 1.807) is 39.8 Å². The fourth-order valence-corrected chi connectivity index (χ4v) is 11.9. The van der Waals surface area contributed by atoms with Crippen LogP contribution in [0.25, 0.3) is 0 Å². The summed E-state index contributed by atoms with van der Waals surface area (Å²) in [7, 11) is 0. The fourth-order valence-electron chi connectivity index (χ4n) is 11.9. The van der Waals surface area contributed by atoms with Gasteiger partial charge in [-0.05, 0) is 107 Å². The molecule has 4 N–H and O–H groups in total. The van der Waals surface area contributed by atoms with Crippen molar-refractivity contribution in [3.05, 3.63) is 34.9 Å². The molecule has 0 unspecified atom stereocenters. The predicted molar refractivity (Wildman–Crippen MR) is 184 cm³/mol. The number of esters is 2. The molecule has 8 heteroatoms. The molecule has 5 aliphatic carbocycles. The van der Waals surface area contributed by atoms with Crippen molar-refractivity contribution in [2.24, 2.45) is 50.2 Å². The predicted octanol–water partition coefficient (Wildman–Crippen LogP) is 6.06. The lowest BCUT2D eigenvalue weighted by Gasteiger charge is -2.72. The second kappa shape index (κ2) is 12.3. The van der Waals surface area contributed by atoms with Crippen LogP contribution >= 0.6 is 0 Å². The van der Waals surface area contributed by atoms with Crippen LogP contribution in [0, 0.1) is 50.2 Å². The second-order valence-electron chi connectivity index (χ2n) is 17.8. The van der Waals surface area contributed by atoms with Gasteiger partial charge in [0.15, 0.2) is 6.10 Å². The topological polar surface area (TPSA) is 134 Å². The molecular weight excluding hydrogens is 608 g/mol. The quantitative estimate of drug-likeness (QED) is 0.152. The molecule has 5 rings (SSSR count). The monoisotopic (exact) mass is 670 g/mol. The molecule has 0 heterocycles. The Labute approximate surface area is 288 Å². The smallest absolute Gasteiger partial charge is 0.333 e. The summed E-state index contributed by atoms with van der Waals surface area (Å²) in [6, 6.07) is 0. The molecule has 270 valence electrons. The molecule has 0 aromatic rings. The average Bonchev–Trinajstić information content (AvgIpc) is 3.03. The van der Waals surface area contributed by atoms with Gasteiger partial charge in [-0.2, -0.15) is 0 Å². The van der Waals surface area contributed by atoms with Crippen molar-refractivity contribution in [1.82, 2.24) is 0 Å². The van der Waals surface area contributed by atoms with Gasteiger partial charge in [-0.15, -0.1) is 0 Å². The third-order valence-electron chi connectivity index (χ3n) is 15.4. The Hall–Kier alpha value is -2.00. The summed E-state index contributed by atoms with van der Waals surface area (Å²) in [5.74, 6) is -0.954. The molecule has 8 nitrogen and oxygen atoms in total. The van der Waals surface area contributed by atoms with Crippen molar-refractivity contribution in [2.45, 2.75) is 139 Å². The van der Waals surface area contributed by atoms with Crippen LogP contribution in [-0.4, -0.2) is 70.0 Å². The summed E-state index contributed by atoms with van der Waals surface area (Å²) in [5, 5.41) is 45.7. The number of aliphatic hydroxyl groups is 4. The van der Waals surface area contributed by atoms with Crippen LogP contribution in [-0.2, 0) is 19.1 Å². The van der Waals surface area contributed by atoms with Gasteiger partial charge in [0, 0.05) is 22.0 Å². The van der Waals surface area contributed by atoms with E-state index in [0.29, 0.717) is 30.4 Å².